The smallest absolute Gasteiger partial charge is 0.0497 e. The predicted octanol–water partition coefficient (Wildman–Crippen LogP) is 2.43. The minimum Gasteiger partial charge on any atom is -0.381 e. The van der Waals surface area contributed by atoms with Crippen molar-refractivity contribution < 1.29 is 4.74 Å². The van der Waals surface area contributed by atoms with Gasteiger partial charge in [0.1, 0.15) is 0 Å². The molecule has 0 aromatic carbocycles. The van der Waals surface area contributed by atoms with Crippen LogP contribution in [0.2, 0.25) is 0 Å². The zero-order valence-electron chi connectivity index (χ0n) is 6.76. The average Bonchev–Trinajstić information content (AvgIpc) is 2.55. The summed E-state index contributed by atoms with van der Waals surface area (Å²) < 4.78 is 5.36. The maximum absolute atomic E-state index is 6.04. The van der Waals surface area contributed by atoms with Gasteiger partial charge in [0, 0.05) is 18.6 Å². The SMILES string of the molecule is ClC1CCC(C2CCOC2)C1. The number of hydrogen-bond donors (Lipinski definition) is 0. The van der Waals surface area contributed by atoms with Crippen LogP contribution < -0.4 is 0 Å². The molecule has 0 spiro atoms. The number of halogens is 1. The average molecular weight is 175 g/mol. The first-order chi connectivity index (χ1) is 5.36. The molecule has 1 aliphatic carbocycles. The van der Waals surface area contributed by atoms with E-state index in [-0.39, 0.29) is 0 Å². The molecule has 0 aromatic rings. The summed E-state index contributed by atoms with van der Waals surface area (Å²) in [6, 6.07) is 0. The van der Waals surface area contributed by atoms with Crippen LogP contribution >= 0.6 is 11.6 Å². The van der Waals surface area contributed by atoms with Crippen LogP contribution in [-0.4, -0.2) is 18.6 Å². The summed E-state index contributed by atoms with van der Waals surface area (Å²) in [6.45, 7) is 1.97. The van der Waals surface area contributed by atoms with Crippen LogP contribution in [0.3, 0.4) is 0 Å². The Balaban J connectivity index is 1.85. The predicted molar refractivity (Wildman–Crippen MR) is 45.9 cm³/mol. The second kappa shape index (κ2) is 3.32. The van der Waals surface area contributed by atoms with E-state index in [0.29, 0.717) is 5.38 Å². The molecule has 2 rings (SSSR count). The summed E-state index contributed by atoms with van der Waals surface area (Å²) in [7, 11) is 0. The van der Waals surface area contributed by atoms with Crippen molar-refractivity contribution in [2.24, 2.45) is 11.8 Å². The zero-order chi connectivity index (χ0) is 7.68. The lowest BCUT2D eigenvalue weighted by Gasteiger charge is -2.15. The lowest BCUT2D eigenvalue weighted by molar-refractivity contribution is 0.172. The van der Waals surface area contributed by atoms with Gasteiger partial charge >= 0.3 is 0 Å². The van der Waals surface area contributed by atoms with E-state index in [2.05, 4.69) is 0 Å². The van der Waals surface area contributed by atoms with E-state index in [9.17, 15) is 0 Å². The second-order valence-corrected chi connectivity index (χ2v) is 4.41. The Labute approximate surface area is 73.1 Å². The molecule has 1 saturated carbocycles. The fourth-order valence-corrected chi connectivity index (χ4v) is 2.67. The van der Waals surface area contributed by atoms with Gasteiger partial charge in [-0.15, -0.1) is 11.6 Å². The molecular formula is C9H15ClO. The van der Waals surface area contributed by atoms with Crippen molar-refractivity contribution in [3.05, 3.63) is 0 Å². The first-order valence-corrected chi connectivity index (χ1v) is 5.01. The van der Waals surface area contributed by atoms with Crippen molar-refractivity contribution in [2.45, 2.75) is 31.1 Å². The molecule has 0 aromatic heterocycles. The van der Waals surface area contributed by atoms with Gasteiger partial charge in [-0.25, -0.2) is 0 Å². The first kappa shape index (κ1) is 7.88. The summed E-state index contributed by atoms with van der Waals surface area (Å²) in [6.07, 6.45) is 5.06. The third-order valence-corrected chi connectivity index (χ3v) is 3.44. The topological polar surface area (TPSA) is 9.23 Å². The Kier molecular flexibility index (Phi) is 2.38. The molecule has 1 nitrogen and oxygen atoms in total. The molecule has 1 saturated heterocycles. The van der Waals surface area contributed by atoms with E-state index in [4.69, 9.17) is 16.3 Å². The fourth-order valence-electron chi connectivity index (χ4n) is 2.31. The fraction of sp³-hybridized carbons (Fsp3) is 1.00. The van der Waals surface area contributed by atoms with Gasteiger partial charge in [-0.2, -0.15) is 0 Å². The van der Waals surface area contributed by atoms with Gasteiger partial charge in [-0.1, -0.05) is 0 Å². The molecule has 3 unspecified atom stereocenters. The molecule has 0 radical (unpaired) electrons. The third-order valence-electron chi connectivity index (χ3n) is 3.04. The summed E-state index contributed by atoms with van der Waals surface area (Å²) in [5.74, 6) is 1.71. The highest BCUT2D eigenvalue weighted by molar-refractivity contribution is 6.20. The zero-order valence-corrected chi connectivity index (χ0v) is 7.52. The van der Waals surface area contributed by atoms with Gasteiger partial charge in [0.05, 0.1) is 0 Å². The Hall–Kier alpha value is 0.250. The van der Waals surface area contributed by atoms with Crippen molar-refractivity contribution in [1.29, 1.82) is 0 Å². The molecule has 2 aliphatic rings. The van der Waals surface area contributed by atoms with Gasteiger partial charge in [0.25, 0.3) is 0 Å². The van der Waals surface area contributed by atoms with Crippen LogP contribution in [0.1, 0.15) is 25.7 Å². The van der Waals surface area contributed by atoms with E-state index < -0.39 is 0 Å². The summed E-state index contributed by atoms with van der Waals surface area (Å²) in [5, 5.41) is 0.459. The lowest BCUT2D eigenvalue weighted by atomic mass is 9.90. The van der Waals surface area contributed by atoms with Gasteiger partial charge in [0.15, 0.2) is 0 Å². The third kappa shape index (κ3) is 1.70. The highest BCUT2D eigenvalue weighted by Crippen LogP contribution is 2.37. The highest BCUT2D eigenvalue weighted by Gasteiger charge is 2.31. The number of alkyl halides is 1. The van der Waals surface area contributed by atoms with E-state index in [1.165, 1.54) is 25.7 Å². The molecule has 11 heavy (non-hydrogen) atoms. The van der Waals surface area contributed by atoms with Crippen molar-refractivity contribution in [3.8, 4) is 0 Å². The van der Waals surface area contributed by atoms with E-state index >= 15 is 0 Å². The molecule has 0 amide bonds. The number of hydrogen-bond acceptors (Lipinski definition) is 1. The van der Waals surface area contributed by atoms with Gasteiger partial charge in [-0.05, 0) is 37.5 Å². The Bertz CT molecular complexity index is 132. The van der Waals surface area contributed by atoms with Crippen LogP contribution in [-0.2, 0) is 4.74 Å². The lowest BCUT2D eigenvalue weighted by Crippen LogP contribution is -2.11. The van der Waals surface area contributed by atoms with Crippen molar-refractivity contribution in [2.75, 3.05) is 13.2 Å². The Morgan fingerprint density at radius 1 is 1.09 bits per heavy atom. The summed E-state index contributed by atoms with van der Waals surface area (Å²) in [5.41, 5.74) is 0. The maximum atomic E-state index is 6.04. The van der Waals surface area contributed by atoms with E-state index in [0.717, 1.165) is 25.0 Å². The molecule has 2 fully saturated rings. The largest absolute Gasteiger partial charge is 0.381 e. The van der Waals surface area contributed by atoms with Crippen LogP contribution in [0.15, 0.2) is 0 Å². The van der Waals surface area contributed by atoms with Crippen LogP contribution in [0.4, 0.5) is 0 Å². The minimum atomic E-state index is 0.459. The molecule has 3 atom stereocenters. The molecule has 1 aliphatic heterocycles. The second-order valence-electron chi connectivity index (χ2n) is 3.79. The van der Waals surface area contributed by atoms with Crippen LogP contribution in [0.5, 0.6) is 0 Å². The minimum absolute atomic E-state index is 0.459. The monoisotopic (exact) mass is 174 g/mol. The summed E-state index contributed by atoms with van der Waals surface area (Å²) >= 11 is 6.04. The number of rotatable bonds is 1. The van der Waals surface area contributed by atoms with Crippen LogP contribution in [0, 0.1) is 11.8 Å². The van der Waals surface area contributed by atoms with E-state index in [1.807, 2.05) is 0 Å². The van der Waals surface area contributed by atoms with Gasteiger partial charge < -0.3 is 4.74 Å². The highest BCUT2D eigenvalue weighted by atomic mass is 35.5. The Morgan fingerprint density at radius 2 is 2.00 bits per heavy atom. The van der Waals surface area contributed by atoms with Gasteiger partial charge in [0.2, 0.25) is 0 Å². The first-order valence-electron chi connectivity index (χ1n) is 4.58. The number of ether oxygens (including phenoxy) is 1. The van der Waals surface area contributed by atoms with Crippen LogP contribution in [0.25, 0.3) is 0 Å². The molecule has 0 N–H and O–H groups in total. The molecule has 64 valence electrons. The van der Waals surface area contributed by atoms with Crippen molar-refractivity contribution in [1.82, 2.24) is 0 Å². The molecule has 0 bridgehead atoms. The standard InChI is InChI=1S/C9H15ClO/c10-9-2-1-7(5-9)8-3-4-11-6-8/h7-9H,1-6H2. The quantitative estimate of drug-likeness (QED) is 0.555. The Morgan fingerprint density at radius 3 is 2.55 bits per heavy atom. The molecule has 1 heterocycles. The van der Waals surface area contributed by atoms with Gasteiger partial charge in [-0.3, -0.25) is 0 Å². The summed E-state index contributed by atoms with van der Waals surface area (Å²) in [4.78, 5) is 0. The molecular weight excluding hydrogens is 160 g/mol. The maximum Gasteiger partial charge on any atom is 0.0497 e. The van der Waals surface area contributed by atoms with Crippen molar-refractivity contribution >= 4 is 11.6 Å². The van der Waals surface area contributed by atoms with Crippen molar-refractivity contribution in [3.63, 3.8) is 0 Å². The normalized spacial score (nSPS) is 45.0. The van der Waals surface area contributed by atoms with E-state index in [1.54, 1.807) is 0 Å². The molecule has 2 heteroatoms.